The number of hydrogen-bond acceptors (Lipinski definition) is 3. The first kappa shape index (κ1) is 14.0. The van der Waals surface area contributed by atoms with Crippen molar-refractivity contribution in [3.63, 3.8) is 0 Å². The van der Waals surface area contributed by atoms with Gasteiger partial charge in [-0.05, 0) is 60.8 Å². The fraction of sp³-hybridized carbons (Fsp3) is 0.500. The number of carbonyl (C=O) groups excluding carboxylic acids is 1. The largest absolute Gasteiger partial charge is 0.444 e. The molecule has 0 aromatic carbocycles. The van der Waals surface area contributed by atoms with Crippen LogP contribution >= 0.6 is 15.9 Å². The normalized spacial score (nSPS) is 11.1. The summed E-state index contributed by atoms with van der Waals surface area (Å²) in [5.41, 5.74) is 1.57. The Morgan fingerprint density at radius 3 is 2.71 bits per heavy atom. The number of carbonyl (C=O) groups is 1. The number of rotatable bonds is 2. The van der Waals surface area contributed by atoms with Crippen LogP contribution in [0, 0.1) is 6.92 Å². The third-order valence-corrected chi connectivity index (χ3v) is 2.44. The molecule has 0 aliphatic carbocycles. The van der Waals surface area contributed by atoms with Crippen LogP contribution in [0.5, 0.6) is 0 Å². The summed E-state index contributed by atoms with van der Waals surface area (Å²) in [7, 11) is 0. The molecule has 1 rings (SSSR count). The Morgan fingerprint density at radius 2 is 2.18 bits per heavy atom. The van der Waals surface area contributed by atoms with E-state index in [1.807, 2.05) is 33.8 Å². The Balaban J connectivity index is 2.53. The molecule has 1 aromatic rings. The Hall–Kier alpha value is -1.10. The Morgan fingerprint density at radius 1 is 1.53 bits per heavy atom. The summed E-state index contributed by atoms with van der Waals surface area (Å²) in [6.07, 6.45) is 1.32. The molecule has 0 fully saturated rings. The van der Waals surface area contributed by atoms with E-state index in [1.165, 1.54) is 0 Å². The van der Waals surface area contributed by atoms with Gasteiger partial charge in [0.2, 0.25) is 0 Å². The lowest BCUT2D eigenvalue weighted by atomic mass is 10.1. The molecule has 0 saturated carbocycles. The molecule has 0 saturated heterocycles. The Bertz CT molecular complexity index is 413. The molecule has 0 spiro atoms. The zero-order valence-corrected chi connectivity index (χ0v) is 12.1. The van der Waals surface area contributed by atoms with Crippen molar-refractivity contribution in [1.29, 1.82) is 0 Å². The van der Waals surface area contributed by atoms with Gasteiger partial charge in [-0.3, -0.25) is 0 Å². The fourth-order valence-electron chi connectivity index (χ4n) is 1.22. The molecule has 94 valence electrons. The predicted octanol–water partition coefficient (Wildman–Crippen LogP) is 3.18. The van der Waals surface area contributed by atoms with Crippen LogP contribution in [-0.2, 0) is 11.3 Å². The predicted molar refractivity (Wildman–Crippen MR) is 69.7 cm³/mol. The number of ether oxygens (including phenoxy) is 1. The highest BCUT2D eigenvalue weighted by Crippen LogP contribution is 2.12. The second kappa shape index (κ2) is 5.49. The Labute approximate surface area is 110 Å². The van der Waals surface area contributed by atoms with Crippen molar-refractivity contribution in [3.8, 4) is 0 Å². The molecular formula is C12H17BrN2O2. The second-order valence-corrected chi connectivity index (χ2v) is 5.60. The lowest BCUT2D eigenvalue weighted by molar-refractivity contribution is 0.0523. The van der Waals surface area contributed by atoms with Crippen molar-refractivity contribution in [2.45, 2.75) is 39.8 Å². The highest BCUT2D eigenvalue weighted by Gasteiger charge is 2.15. The number of pyridine rings is 1. The molecule has 0 bridgehead atoms. The SMILES string of the molecule is Cc1cc(Br)ncc1CNC(=O)OC(C)(C)C. The molecular weight excluding hydrogens is 284 g/mol. The van der Waals surface area contributed by atoms with Crippen LogP contribution in [0.25, 0.3) is 0 Å². The topological polar surface area (TPSA) is 51.2 Å². The van der Waals surface area contributed by atoms with Crippen LogP contribution in [0.15, 0.2) is 16.9 Å². The standard InChI is InChI=1S/C12H17BrN2O2/c1-8-5-10(13)14-6-9(8)7-15-11(16)17-12(2,3)4/h5-6H,7H2,1-4H3,(H,15,16). The maximum Gasteiger partial charge on any atom is 0.407 e. The first-order valence-electron chi connectivity index (χ1n) is 5.36. The van der Waals surface area contributed by atoms with Gasteiger partial charge >= 0.3 is 6.09 Å². The highest BCUT2D eigenvalue weighted by molar-refractivity contribution is 9.10. The monoisotopic (exact) mass is 300 g/mol. The molecule has 0 atom stereocenters. The zero-order chi connectivity index (χ0) is 13.1. The summed E-state index contributed by atoms with van der Waals surface area (Å²) in [6, 6.07) is 1.91. The lowest BCUT2D eigenvalue weighted by Gasteiger charge is -2.19. The molecule has 0 unspecified atom stereocenters. The van der Waals surface area contributed by atoms with E-state index in [4.69, 9.17) is 4.74 Å². The quantitative estimate of drug-likeness (QED) is 0.854. The summed E-state index contributed by atoms with van der Waals surface area (Å²) in [4.78, 5) is 15.6. The minimum atomic E-state index is -0.475. The molecule has 1 heterocycles. The van der Waals surface area contributed by atoms with E-state index in [2.05, 4.69) is 26.2 Å². The molecule has 0 aliphatic heterocycles. The van der Waals surface area contributed by atoms with E-state index < -0.39 is 11.7 Å². The van der Waals surface area contributed by atoms with Gasteiger partial charge < -0.3 is 10.1 Å². The van der Waals surface area contributed by atoms with Crippen LogP contribution < -0.4 is 5.32 Å². The molecule has 0 radical (unpaired) electrons. The van der Waals surface area contributed by atoms with Crippen LogP contribution in [0.3, 0.4) is 0 Å². The third-order valence-electron chi connectivity index (χ3n) is 2.01. The third kappa shape index (κ3) is 5.17. The van der Waals surface area contributed by atoms with Gasteiger partial charge in [0.15, 0.2) is 0 Å². The number of halogens is 1. The van der Waals surface area contributed by atoms with E-state index in [1.54, 1.807) is 6.20 Å². The number of nitrogens with one attached hydrogen (secondary N) is 1. The van der Waals surface area contributed by atoms with Crippen LogP contribution in [-0.4, -0.2) is 16.7 Å². The van der Waals surface area contributed by atoms with E-state index in [9.17, 15) is 4.79 Å². The smallest absolute Gasteiger partial charge is 0.407 e. The number of aryl methyl sites for hydroxylation is 1. The van der Waals surface area contributed by atoms with Crippen molar-refractivity contribution in [2.75, 3.05) is 0 Å². The minimum Gasteiger partial charge on any atom is -0.444 e. The van der Waals surface area contributed by atoms with Gasteiger partial charge in [-0.2, -0.15) is 0 Å². The number of nitrogens with zero attached hydrogens (tertiary/aromatic N) is 1. The fourth-order valence-corrected chi connectivity index (χ4v) is 1.66. The summed E-state index contributed by atoms with van der Waals surface area (Å²) in [6.45, 7) is 7.89. The summed E-state index contributed by atoms with van der Waals surface area (Å²) >= 11 is 3.29. The van der Waals surface area contributed by atoms with Crippen molar-refractivity contribution < 1.29 is 9.53 Å². The highest BCUT2D eigenvalue weighted by atomic mass is 79.9. The molecule has 4 nitrogen and oxygen atoms in total. The first-order chi connectivity index (χ1) is 7.78. The van der Waals surface area contributed by atoms with Crippen molar-refractivity contribution in [3.05, 3.63) is 28.0 Å². The molecule has 1 aromatic heterocycles. The van der Waals surface area contributed by atoms with Gasteiger partial charge in [0.25, 0.3) is 0 Å². The maximum absolute atomic E-state index is 11.4. The van der Waals surface area contributed by atoms with Crippen molar-refractivity contribution in [2.24, 2.45) is 0 Å². The second-order valence-electron chi connectivity index (χ2n) is 4.79. The zero-order valence-electron chi connectivity index (χ0n) is 10.5. The number of alkyl carbamates (subject to hydrolysis) is 1. The summed E-state index contributed by atoms with van der Waals surface area (Å²) in [5, 5.41) is 2.70. The summed E-state index contributed by atoms with van der Waals surface area (Å²) < 4.78 is 5.93. The molecule has 0 aliphatic rings. The molecule has 1 amide bonds. The van der Waals surface area contributed by atoms with Crippen LogP contribution in [0.1, 0.15) is 31.9 Å². The van der Waals surface area contributed by atoms with Gasteiger partial charge in [-0.15, -0.1) is 0 Å². The van der Waals surface area contributed by atoms with Crippen molar-refractivity contribution >= 4 is 22.0 Å². The van der Waals surface area contributed by atoms with Gasteiger partial charge in [0, 0.05) is 12.7 Å². The number of aromatic nitrogens is 1. The molecule has 17 heavy (non-hydrogen) atoms. The van der Waals surface area contributed by atoms with Crippen molar-refractivity contribution in [1.82, 2.24) is 10.3 Å². The number of amides is 1. The van der Waals surface area contributed by atoms with Gasteiger partial charge in [0.1, 0.15) is 10.2 Å². The maximum atomic E-state index is 11.4. The van der Waals surface area contributed by atoms with Gasteiger partial charge in [-0.1, -0.05) is 0 Å². The molecule has 5 heteroatoms. The summed E-state index contributed by atoms with van der Waals surface area (Å²) in [5.74, 6) is 0. The molecule has 1 N–H and O–H groups in total. The first-order valence-corrected chi connectivity index (χ1v) is 6.15. The average molecular weight is 301 g/mol. The van der Waals surface area contributed by atoms with Crippen LogP contribution in [0.2, 0.25) is 0 Å². The van der Waals surface area contributed by atoms with E-state index >= 15 is 0 Å². The average Bonchev–Trinajstić information content (AvgIpc) is 2.13. The minimum absolute atomic E-state index is 0.417. The van der Waals surface area contributed by atoms with Crippen LogP contribution in [0.4, 0.5) is 4.79 Å². The number of hydrogen-bond donors (Lipinski definition) is 1. The van der Waals surface area contributed by atoms with Gasteiger partial charge in [0.05, 0.1) is 0 Å². The van der Waals surface area contributed by atoms with E-state index in [-0.39, 0.29) is 0 Å². The Kier molecular flexibility index (Phi) is 4.51. The van der Waals surface area contributed by atoms with Gasteiger partial charge in [-0.25, -0.2) is 9.78 Å². The van der Waals surface area contributed by atoms with E-state index in [0.29, 0.717) is 6.54 Å². The van der Waals surface area contributed by atoms with E-state index in [0.717, 1.165) is 15.7 Å². The lowest BCUT2D eigenvalue weighted by Crippen LogP contribution is -2.32.